The monoisotopic (exact) mass is 306 g/mol. The van der Waals surface area contributed by atoms with Gasteiger partial charge in [-0.2, -0.15) is 11.8 Å². The highest BCUT2D eigenvalue weighted by atomic mass is 32.2. The van der Waals surface area contributed by atoms with Crippen molar-refractivity contribution in [3.05, 3.63) is 56.8 Å². The molecule has 3 N–H and O–H groups in total. The van der Waals surface area contributed by atoms with Gasteiger partial charge in [0.05, 0.1) is 4.88 Å². The molecule has 0 aliphatic heterocycles. The Morgan fingerprint density at radius 1 is 1.25 bits per heavy atom. The molecular formula is C15H18N2OS2. The summed E-state index contributed by atoms with van der Waals surface area (Å²) in [6, 6.07) is 8.59. The van der Waals surface area contributed by atoms with Gasteiger partial charge in [-0.3, -0.25) is 10.2 Å². The zero-order valence-corrected chi connectivity index (χ0v) is 13.2. The largest absolute Gasteiger partial charge is 0.289 e. The minimum absolute atomic E-state index is 0.206. The van der Waals surface area contributed by atoms with Gasteiger partial charge in [0.25, 0.3) is 5.91 Å². The minimum Gasteiger partial charge on any atom is -0.289 e. The van der Waals surface area contributed by atoms with Crippen LogP contribution in [0, 0.1) is 13.8 Å². The lowest BCUT2D eigenvalue weighted by Gasteiger charge is -2.06. The van der Waals surface area contributed by atoms with Gasteiger partial charge in [0, 0.05) is 11.5 Å². The second-order valence-corrected chi connectivity index (χ2v) is 6.64. The van der Waals surface area contributed by atoms with E-state index in [1.165, 1.54) is 28.0 Å². The lowest BCUT2D eigenvalue weighted by atomic mass is 10.1. The predicted octanol–water partition coefficient (Wildman–Crippen LogP) is 3.40. The average molecular weight is 306 g/mol. The molecule has 0 bridgehead atoms. The summed E-state index contributed by atoms with van der Waals surface area (Å²) in [7, 11) is 0. The van der Waals surface area contributed by atoms with Crippen LogP contribution in [0.3, 0.4) is 0 Å². The van der Waals surface area contributed by atoms with Crippen LogP contribution in [-0.2, 0) is 11.5 Å². The first-order valence-corrected chi connectivity index (χ1v) is 8.36. The first-order chi connectivity index (χ1) is 9.60. The summed E-state index contributed by atoms with van der Waals surface area (Å²) >= 11 is 3.24. The molecule has 2 rings (SSSR count). The molecule has 0 saturated carbocycles. The van der Waals surface area contributed by atoms with Gasteiger partial charge in [0.2, 0.25) is 0 Å². The summed E-state index contributed by atoms with van der Waals surface area (Å²) in [5.74, 6) is 6.74. The number of amides is 1. The molecule has 0 saturated heterocycles. The number of hydrazine groups is 1. The molecule has 1 heterocycles. The van der Waals surface area contributed by atoms with Crippen molar-refractivity contribution in [1.82, 2.24) is 5.43 Å². The van der Waals surface area contributed by atoms with E-state index in [2.05, 4.69) is 37.5 Å². The van der Waals surface area contributed by atoms with Gasteiger partial charge in [0.15, 0.2) is 0 Å². The molecule has 0 aliphatic carbocycles. The van der Waals surface area contributed by atoms with Crippen molar-refractivity contribution in [2.45, 2.75) is 25.4 Å². The van der Waals surface area contributed by atoms with Crippen LogP contribution in [0.2, 0.25) is 0 Å². The van der Waals surface area contributed by atoms with Gasteiger partial charge >= 0.3 is 0 Å². The van der Waals surface area contributed by atoms with Crippen LogP contribution in [0.25, 0.3) is 0 Å². The molecule has 0 unspecified atom stereocenters. The summed E-state index contributed by atoms with van der Waals surface area (Å²) in [5, 5.41) is 1.93. The van der Waals surface area contributed by atoms with E-state index in [1.54, 1.807) is 0 Å². The Bertz CT molecular complexity index is 587. The highest BCUT2D eigenvalue weighted by Gasteiger charge is 2.11. The van der Waals surface area contributed by atoms with E-state index in [9.17, 15) is 4.79 Å². The molecule has 0 radical (unpaired) electrons. The smallest absolute Gasteiger partial charge is 0.275 e. The summed E-state index contributed by atoms with van der Waals surface area (Å²) in [4.78, 5) is 12.3. The van der Waals surface area contributed by atoms with Gasteiger partial charge in [-0.15, -0.1) is 11.3 Å². The number of rotatable bonds is 5. The SMILES string of the molecule is Cc1cc(C)cc(CSCc2ccsc2C(=O)NN)c1. The Hall–Kier alpha value is -1.30. The fourth-order valence-corrected chi connectivity index (χ4v) is 4.03. The van der Waals surface area contributed by atoms with Gasteiger partial charge in [-0.05, 0) is 36.4 Å². The maximum atomic E-state index is 11.6. The number of carbonyl (C=O) groups is 1. The second-order valence-electron chi connectivity index (χ2n) is 4.74. The molecule has 0 fully saturated rings. The van der Waals surface area contributed by atoms with E-state index < -0.39 is 0 Å². The van der Waals surface area contributed by atoms with Crippen LogP contribution in [0.15, 0.2) is 29.6 Å². The van der Waals surface area contributed by atoms with Crippen LogP contribution in [0.1, 0.15) is 31.9 Å². The Labute approximate surface area is 127 Å². The van der Waals surface area contributed by atoms with Crippen LogP contribution in [0.5, 0.6) is 0 Å². The normalized spacial score (nSPS) is 10.6. The van der Waals surface area contributed by atoms with Crippen molar-refractivity contribution < 1.29 is 4.79 Å². The molecule has 2 aromatic rings. The fraction of sp³-hybridized carbons (Fsp3) is 0.267. The van der Waals surface area contributed by atoms with Crippen molar-refractivity contribution in [3.63, 3.8) is 0 Å². The highest BCUT2D eigenvalue weighted by Crippen LogP contribution is 2.24. The summed E-state index contributed by atoms with van der Waals surface area (Å²) in [6.07, 6.45) is 0. The first kappa shape index (κ1) is 15.1. The van der Waals surface area contributed by atoms with Crippen molar-refractivity contribution in [2.24, 2.45) is 5.84 Å². The molecule has 0 aliphatic rings. The zero-order valence-electron chi connectivity index (χ0n) is 11.6. The quantitative estimate of drug-likeness (QED) is 0.506. The molecule has 5 heteroatoms. The van der Waals surface area contributed by atoms with Crippen LogP contribution < -0.4 is 11.3 Å². The Morgan fingerprint density at radius 3 is 2.60 bits per heavy atom. The molecule has 106 valence electrons. The van der Waals surface area contributed by atoms with Crippen molar-refractivity contribution >= 4 is 29.0 Å². The number of aryl methyl sites for hydroxylation is 2. The number of thioether (sulfide) groups is 1. The summed E-state index contributed by atoms with van der Waals surface area (Å²) in [5.41, 5.74) is 7.15. The van der Waals surface area contributed by atoms with E-state index in [0.29, 0.717) is 4.88 Å². The lowest BCUT2D eigenvalue weighted by Crippen LogP contribution is -2.29. The van der Waals surface area contributed by atoms with Crippen molar-refractivity contribution in [1.29, 1.82) is 0 Å². The lowest BCUT2D eigenvalue weighted by molar-refractivity contribution is 0.0957. The highest BCUT2D eigenvalue weighted by molar-refractivity contribution is 7.97. The number of hydrogen-bond donors (Lipinski definition) is 2. The zero-order chi connectivity index (χ0) is 14.5. The Balaban J connectivity index is 1.96. The third-order valence-electron chi connectivity index (χ3n) is 2.89. The molecule has 1 amide bonds. The van der Waals surface area contributed by atoms with Gasteiger partial charge in [0.1, 0.15) is 0 Å². The van der Waals surface area contributed by atoms with E-state index in [-0.39, 0.29) is 5.91 Å². The number of nitrogen functional groups attached to an aromatic ring is 1. The van der Waals surface area contributed by atoms with E-state index >= 15 is 0 Å². The summed E-state index contributed by atoms with van der Waals surface area (Å²) in [6.45, 7) is 4.23. The minimum atomic E-state index is -0.206. The molecule has 0 atom stereocenters. The maximum absolute atomic E-state index is 11.6. The average Bonchev–Trinajstić information content (AvgIpc) is 2.85. The van der Waals surface area contributed by atoms with Gasteiger partial charge < -0.3 is 0 Å². The molecule has 1 aromatic heterocycles. The van der Waals surface area contributed by atoms with Crippen molar-refractivity contribution in [2.75, 3.05) is 0 Å². The van der Waals surface area contributed by atoms with E-state index in [1.807, 2.05) is 23.2 Å². The van der Waals surface area contributed by atoms with Crippen molar-refractivity contribution in [3.8, 4) is 0 Å². The molecule has 20 heavy (non-hydrogen) atoms. The number of thiophene rings is 1. The Kier molecular flexibility index (Phi) is 5.23. The molecule has 1 aromatic carbocycles. The molecule has 3 nitrogen and oxygen atoms in total. The van der Waals surface area contributed by atoms with Gasteiger partial charge in [-0.25, -0.2) is 5.84 Å². The molecular weight excluding hydrogens is 288 g/mol. The standard InChI is InChI=1S/C15H18N2OS2/c1-10-5-11(2)7-12(6-10)8-19-9-13-3-4-20-14(13)15(18)17-16/h3-7H,8-9,16H2,1-2H3,(H,17,18). The maximum Gasteiger partial charge on any atom is 0.275 e. The topological polar surface area (TPSA) is 55.1 Å². The molecule has 0 spiro atoms. The number of hydrogen-bond acceptors (Lipinski definition) is 4. The van der Waals surface area contributed by atoms with E-state index in [0.717, 1.165) is 17.1 Å². The number of benzene rings is 1. The number of nitrogens with two attached hydrogens (primary N) is 1. The fourth-order valence-electron chi connectivity index (χ4n) is 2.15. The first-order valence-electron chi connectivity index (χ1n) is 6.32. The Morgan fingerprint density at radius 2 is 1.95 bits per heavy atom. The number of carbonyl (C=O) groups excluding carboxylic acids is 1. The van der Waals surface area contributed by atoms with Crippen LogP contribution in [-0.4, -0.2) is 5.91 Å². The third kappa shape index (κ3) is 3.85. The number of nitrogens with one attached hydrogen (secondary N) is 1. The third-order valence-corrected chi connectivity index (χ3v) is 4.90. The van der Waals surface area contributed by atoms with Crippen LogP contribution in [0.4, 0.5) is 0 Å². The summed E-state index contributed by atoms with van der Waals surface area (Å²) < 4.78 is 0. The van der Waals surface area contributed by atoms with Crippen LogP contribution >= 0.6 is 23.1 Å². The van der Waals surface area contributed by atoms with E-state index in [4.69, 9.17) is 5.84 Å². The van der Waals surface area contributed by atoms with Gasteiger partial charge in [-0.1, -0.05) is 29.3 Å². The second kappa shape index (κ2) is 6.92. The predicted molar refractivity (Wildman–Crippen MR) is 86.9 cm³/mol.